The second kappa shape index (κ2) is 9.52. The Morgan fingerprint density at radius 3 is 2.12 bits per heavy atom. The molecule has 0 aliphatic heterocycles. The van der Waals surface area contributed by atoms with Gasteiger partial charge in [-0.15, -0.1) is 4.99 Å². The molecule has 0 aliphatic carbocycles. The lowest BCUT2D eigenvalue weighted by molar-refractivity contribution is -0.158. The number of esters is 2. The average Bonchev–Trinajstić information content (AvgIpc) is 2.38. The summed E-state index contributed by atoms with van der Waals surface area (Å²) in [7, 11) is 0. The van der Waals surface area contributed by atoms with Crippen molar-refractivity contribution in [1.29, 1.82) is 5.26 Å². The normalized spacial score (nSPS) is 13.7. The van der Waals surface area contributed by atoms with Crippen LogP contribution in [0.4, 0.5) is 0 Å². The first-order valence-corrected chi connectivity index (χ1v) is 8.82. The first kappa shape index (κ1) is 22.2. The number of thioether (sulfide) groups is 1. The van der Waals surface area contributed by atoms with E-state index in [1.807, 2.05) is 0 Å². The monoisotopic (exact) mass is 357 g/mol. The van der Waals surface area contributed by atoms with Crippen LogP contribution >= 0.6 is 11.8 Å². The molecule has 0 aromatic rings. The lowest BCUT2D eigenvalue weighted by atomic mass is 10.1. The standard InChI is InChI=1S/C16H27N3O4S/c1-15(2,3)22-12(20)9-8-11(13(21)23-16(4,5)6)19-14(24-7)18-10-17/h11H,8-9H2,1-7H3,(H,18,19)/t11-/m0/s1. The lowest BCUT2D eigenvalue weighted by Crippen LogP contribution is -2.43. The van der Waals surface area contributed by atoms with Gasteiger partial charge in [0, 0.05) is 6.42 Å². The summed E-state index contributed by atoms with van der Waals surface area (Å²) in [6.07, 6.45) is 3.61. The SMILES string of the molecule is CS/C(=N/C#N)N[C@@H](CCC(=O)OC(C)(C)C)C(=O)OC(C)(C)C. The van der Waals surface area contributed by atoms with E-state index in [2.05, 4.69) is 10.3 Å². The van der Waals surface area contributed by atoms with E-state index < -0.39 is 29.2 Å². The highest BCUT2D eigenvalue weighted by atomic mass is 32.2. The Hall–Kier alpha value is -1.75. The molecule has 0 aliphatic rings. The first-order chi connectivity index (χ1) is 10.9. The van der Waals surface area contributed by atoms with Crippen LogP contribution in [-0.2, 0) is 19.1 Å². The van der Waals surface area contributed by atoms with E-state index in [1.54, 1.807) is 54.0 Å². The van der Waals surface area contributed by atoms with Crippen LogP contribution in [0.5, 0.6) is 0 Å². The first-order valence-electron chi connectivity index (χ1n) is 7.60. The molecule has 7 nitrogen and oxygen atoms in total. The van der Waals surface area contributed by atoms with E-state index in [9.17, 15) is 9.59 Å². The minimum absolute atomic E-state index is 0.0440. The molecule has 0 heterocycles. The van der Waals surface area contributed by atoms with E-state index in [4.69, 9.17) is 14.7 Å². The molecule has 0 saturated heterocycles. The number of carbonyl (C=O) groups excluding carboxylic acids is 2. The molecule has 1 atom stereocenters. The van der Waals surface area contributed by atoms with Gasteiger partial charge >= 0.3 is 11.9 Å². The molecule has 0 aromatic heterocycles. The summed E-state index contributed by atoms with van der Waals surface area (Å²) in [6, 6.07) is -0.795. The number of nitrogens with zero attached hydrogens (tertiary/aromatic N) is 2. The van der Waals surface area contributed by atoms with E-state index in [0.29, 0.717) is 0 Å². The Balaban J connectivity index is 4.99. The third-order valence-corrected chi connectivity index (χ3v) is 2.99. The predicted octanol–water partition coefficient (Wildman–Crippen LogP) is 2.61. The van der Waals surface area contributed by atoms with Gasteiger partial charge in [0.25, 0.3) is 0 Å². The molecule has 0 bridgehead atoms. The van der Waals surface area contributed by atoms with Gasteiger partial charge < -0.3 is 14.8 Å². The van der Waals surface area contributed by atoms with E-state index in [-0.39, 0.29) is 18.0 Å². The van der Waals surface area contributed by atoms with Crippen molar-refractivity contribution in [2.75, 3.05) is 6.26 Å². The molecule has 0 rings (SSSR count). The Morgan fingerprint density at radius 1 is 1.17 bits per heavy atom. The predicted molar refractivity (Wildman–Crippen MR) is 94.4 cm³/mol. The van der Waals surface area contributed by atoms with Crippen molar-refractivity contribution in [3.8, 4) is 6.19 Å². The summed E-state index contributed by atoms with van der Waals surface area (Å²) in [4.78, 5) is 27.8. The number of amidine groups is 1. The lowest BCUT2D eigenvalue weighted by Gasteiger charge is -2.25. The highest BCUT2D eigenvalue weighted by Gasteiger charge is 2.27. The van der Waals surface area contributed by atoms with Gasteiger partial charge in [-0.05, 0) is 54.2 Å². The van der Waals surface area contributed by atoms with Gasteiger partial charge in [0.1, 0.15) is 17.2 Å². The van der Waals surface area contributed by atoms with Gasteiger partial charge in [-0.25, -0.2) is 4.79 Å². The topological polar surface area (TPSA) is 101 Å². The quantitative estimate of drug-likeness (QED) is 0.349. The minimum atomic E-state index is -0.795. The molecule has 8 heteroatoms. The second-order valence-electron chi connectivity index (χ2n) is 7.08. The largest absolute Gasteiger partial charge is 0.460 e. The third kappa shape index (κ3) is 10.9. The number of nitrogens with one attached hydrogen (secondary N) is 1. The van der Waals surface area contributed by atoms with Crippen LogP contribution in [0.2, 0.25) is 0 Å². The van der Waals surface area contributed by atoms with Gasteiger partial charge in [-0.2, -0.15) is 5.26 Å². The number of rotatable bonds is 5. The van der Waals surface area contributed by atoms with Gasteiger partial charge in [0.05, 0.1) is 0 Å². The molecule has 0 fully saturated rings. The molecule has 136 valence electrons. The van der Waals surface area contributed by atoms with E-state index >= 15 is 0 Å². The van der Waals surface area contributed by atoms with Gasteiger partial charge in [0.2, 0.25) is 6.19 Å². The van der Waals surface area contributed by atoms with Crippen molar-refractivity contribution in [3.63, 3.8) is 0 Å². The van der Waals surface area contributed by atoms with Crippen LogP contribution in [0, 0.1) is 11.5 Å². The molecule has 0 aromatic carbocycles. The zero-order chi connectivity index (χ0) is 19.0. The zero-order valence-corrected chi connectivity index (χ0v) is 16.2. The van der Waals surface area contributed by atoms with Gasteiger partial charge in [-0.1, -0.05) is 11.8 Å². The highest BCUT2D eigenvalue weighted by molar-refractivity contribution is 8.13. The highest BCUT2D eigenvalue weighted by Crippen LogP contribution is 2.14. The summed E-state index contributed by atoms with van der Waals surface area (Å²) in [6.45, 7) is 10.6. The Bertz CT molecular complexity index is 513. The number of aliphatic imine (C=N–C) groups is 1. The van der Waals surface area contributed by atoms with Crippen molar-refractivity contribution in [2.45, 2.75) is 71.6 Å². The molecular weight excluding hydrogens is 330 g/mol. The van der Waals surface area contributed by atoms with Crippen LogP contribution in [0.3, 0.4) is 0 Å². The Labute approximate surface area is 148 Å². The summed E-state index contributed by atoms with van der Waals surface area (Å²) in [5.74, 6) is -0.911. The fourth-order valence-corrected chi connectivity index (χ4v) is 2.00. The number of ether oxygens (including phenoxy) is 2. The molecule has 0 spiro atoms. The van der Waals surface area contributed by atoms with Crippen LogP contribution in [-0.4, -0.2) is 40.6 Å². The summed E-state index contributed by atoms with van der Waals surface area (Å²) in [5.41, 5.74) is -1.24. The number of hydrogen-bond acceptors (Lipinski definition) is 7. The average molecular weight is 357 g/mol. The second-order valence-corrected chi connectivity index (χ2v) is 7.87. The molecule has 0 radical (unpaired) electrons. The smallest absolute Gasteiger partial charge is 0.329 e. The molecule has 24 heavy (non-hydrogen) atoms. The Kier molecular flexibility index (Phi) is 8.83. The Morgan fingerprint density at radius 2 is 1.71 bits per heavy atom. The number of nitriles is 1. The fraction of sp³-hybridized carbons (Fsp3) is 0.750. The van der Waals surface area contributed by atoms with Crippen LogP contribution < -0.4 is 5.32 Å². The molecule has 0 amide bonds. The fourth-order valence-electron chi connectivity index (χ4n) is 1.61. The van der Waals surface area contributed by atoms with Crippen LogP contribution in [0.1, 0.15) is 54.4 Å². The van der Waals surface area contributed by atoms with Crippen molar-refractivity contribution in [1.82, 2.24) is 5.32 Å². The number of carbonyl (C=O) groups is 2. The third-order valence-electron chi connectivity index (χ3n) is 2.39. The number of hydrogen-bond donors (Lipinski definition) is 1. The zero-order valence-electron chi connectivity index (χ0n) is 15.4. The van der Waals surface area contributed by atoms with Crippen LogP contribution in [0.15, 0.2) is 4.99 Å². The molecular formula is C16H27N3O4S. The van der Waals surface area contributed by atoms with Crippen molar-refractivity contribution in [2.24, 2.45) is 4.99 Å². The van der Waals surface area contributed by atoms with E-state index in [1.165, 1.54) is 11.8 Å². The van der Waals surface area contributed by atoms with Gasteiger partial charge in [0.15, 0.2) is 5.17 Å². The maximum Gasteiger partial charge on any atom is 0.329 e. The summed E-state index contributed by atoms with van der Waals surface area (Å²) < 4.78 is 10.6. The van der Waals surface area contributed by atoms with Crippen molar-refractivity contribution < 1.29 is 19.1 Å². The van der Waals surface area contributed by atoms with E-state index in [0.717, 1.165) is 0 Å². The summed E-state index contributed by atoms with van der Waals surface area (Å²) >= 11 is 1.19. The van der Waals surface area contributed by atoms with Crippen molar-refractivity contribution >= 4 is 28.9 Å². The maximum atomic E-state index is 12.3. The minimum Gasteiger partial charge on any atom is -0.460 e. The van der Waals surface area contributed by atoms with Crippen LogP contribution in [0.25, 0.3) is 0 Å². The van der Waals surface area contributed by atoms with Crippen molar-refractivity contribution in [3.05, 3.63) is 0 Å². The van der Waals surface area contributed by atoms with Gasteiger partial charge in [-0.3, -0.25) is 4.79 Å². The molecule has 0 saturated carbocycles. The maximum absolute atomic E-state index is 12.3. The molecule has 1 N–H and O–H groups in total. The summed E-state index contributed by atoms with van der Waals surface area (Å²) in [5, 5.41) is 11.8. The molecule has 0 unspecified atom stereocenters.